The van der Waals surface area contributed by atoms with Gasteiger partial charge in [0.2, 0.25) is 0 Å². The fourth-order valence-corrected chi connectivity index (χ4v) is 2.44. The maximum absolute atomic E-state index is 13.2. The Bertz CT molecular complexity index is 1000. The zero-order chi connectivity index (χ0) is 22.3. The molecule has 0 aliphatic heterocycles. The lowest BCUT2D eigenvalue weighted by atomic mass is 10.1. The molecule has 0 aliphatic carbocycles. The lowest BCUT2D eigenvalue weighted by molar-refractivity contribution is -0.137. The Morgan fingerprint density at radius 3 is 2.43 bits per heavy atom. The molecule has 0 fully saturated rings. The van der Waals surface area contributed by atoms with Crippen molar-refractivity contribution < 1.29 is 31.9 Å². The Morgan fingerprint density at radius 2 is 1.83 bits per heavy atom. The SMILES string of the molecule is CN/C=C\C(=C/C=O)NC(=O)c1cc(C(F)(F)F)ccc1Oc1ccc(F)cc1Cl. The number of benzene rings is 2. The van der Waals surface area contributed by atoms with Gasteiger partial charge in [0.25, 0.3) is 5.91 Å². The van der Waals surface area contributed by atoms with Crippen molar-refractivity contribution in [2.45, 2.75) is 6.18 Å². The Hall–Kier alpha value is -3.33. The molecule has 30 heavy (non-hydrogen) atoms. The molecule has 0 spiro atoms. The van der Waals surface area contributed by atoms with Crippen LogP contribution in [0.25, 0.3) is 0 Å². The third-order valence-electron chi connectivity index (χ3n) is 3.60. The maximum Gasteiger partial charge on any atom is 0.416 e. The summed E-state index contributed by atoms with van der Waals surface area (Å²) in [6, 6.07) is 5.44. The van der Waals surface area contributed by atoms with Crippen molar-refractivity contribution >= 4 is 23.8 Å². The predicted molar refractivity (Wildman–Crippen MR) is 103 cm³/mol. The molecule has 0 saturated heterocycles. The van der Waals surface area contributed by atoms with Crippen LogP contribution in [-0.2, 0) is 11.0 Å². The molecule has 0 unspecified atom stereocenters. The maximum atomic E-state index is 13.2. The van der Waals surface area contributed by atoms with Crippen molar-refractivity contribution in [3.63, 3.8) is 0 Å². The second kappa shape index (κ2) is 9.93. The summed E-state index contributed by atoms with van der Waals surface area (Å²) < 4.78 is 58.1. The van der Waals surface area contributed by atoms with Crippen LogP contribution in [0.4, 0.5) is 17.6 Å². The number of carbonyl (C=O) groups is 2. The Balaban J connectivity index is 2.47. The number of halogens is 5. The van der Waals surface area contributed by atoms with Crippen LogP contribution >= 0.6 is 11.6 Å². The first kappa shape index (κ1) is 23.0. The zero-order valence-corrected chi connectivity index (χ0v) is 16.1. The first-order valence-corrected chi connectivity index (χ1v) is 8.68. The Labute approximate surface area is 174 Å². The van der Waals surface area contributed by atoms with Gasteiger partial charge in [-0.25, -0.2) is 4.39 Å². The summed E-state index contributed by atoms with van der Waals surface area (Å²) >= 11 is 5.89. The zero-order valence-electron chi connectivity index (χ0n) is 15.4. The minimum atomic E-state index is -4.71. The van der Waals surface area contributed by atoms with Crippen molar-refractivity contribution in [3.05, 3.63) is 82.4 Å². The number of alkyl halides is 3. The molecular formula is C20H15ClF4N2O3. The second-order valence-electron chi connectivity index (χ2n) is 5.72. The molecule has 0 saturated carbocycles. The number of aldehydes is 1. The Morgan fingerprint density at radius 1 is 1.13 bits per heavy atom. The van der Waals surface area contributed by atoms with E-state index in [1.807, 2.05) is 0 Å². The first-order valence-electron chi connectivity index (χ1n) is 8.30. The minimum Gasteiger partial charge on any atom is -0.455 e. The van der Waals surface area contributed by atoms with Gasteiger partial charge < -0.3 is 15.4 Å². The molecule has 10 heteroatoms. The number of rotatable bonds is 7. The highest BCUT2D eigenvalue weighted by atomic mass is 35.5. The molecule has 0 radical (unpaired) electrons. The number of hydrogen-bond acceptors (Lipinski definition) is 4. The van der Waals surface area contributed by atoms with E-state index in [0.717, 1.165) is 30.3 Å². The Kier molecular flexibility index (Phi) is 7.60. The van der Waals surface area contributed by atoms with Gasteiger partial charge in [0.15, 0.2) is 0 Å². The smallest absolute Gasteiger partial charge is 0.416 e. The van der Waals surface area contributed by atoms with Crippen LogP contribution in [0.15, 0.2) is 60.4 Å². The minimum absolute atomic E-state index is 0.0209. The fourth-order valence-electron chi connectivity index (χ4n) is 2.23. The fraction of sp³-hybridized carbons (Fsp3) is 0.100. The summed E-state index contributed by atoms with van der Waals surface area (Å²) in [5, 5.41) is 4.83. The van der Waals surface area contributed by atoms with E-state index in [0.29, 0.717) is 12.4 Å². The van der Waals surface area contributed by atoms with Crippen LogP contribution in [0.3, 0.4) is 0 Å². The summed E-state index contributed by atoms with van der Waals surface area (Å²) in [6.07, 6.45) is -0.572. The number of allylic oxidation sites excluding steroid dienone is 2. The van der Waals surface area contributed by atoms with E-state index in [9.17, 15) is 27.2 Å². The van der Waals surface area contributed by atoms with Gasteiger partial charge in [-0.3, -0.25) is 9.59 Å². The van der Waals surface area contributed by atoms with Gasteiger partial charge in [0.05, 0.1) is 16.1 Å². The average Bonchev–Trinajstić information content (AvgIpc) is 2.67. The molecule has 0 aromatic heterocycles. The summed E-state index contributed by atoms with van der Waals surface area (Å²) in [5.41, 5.74) is -1.54. The average molecular weight is 443 g/mol. The number of ether oxygens (including phenoxy) is 1. The van der Waals surface area contributed by atoms with Crippen molar-refractivity contribution in [3.8, 4) is 11.5 Å². The van der Waals surface area contributed by atoms with Gasteiger partial charge in [-0.05, 0) is 48.7 Å². The van der Waals surface area contributed by atoms with Gasteiger partial charge in [-0.1, -0.05) is 11.6 Å². The van der Waals surface area contributed by atoms with Crippen LogP contribution in [0.1, 0.15) is 15.9 Å². The first-order chi connectivity index (χ1) is 14.2. The van der Waals surface area contributed by atoms with Gasteiger partial charge >= 0.3 is 6.18 Å². The largest absolute Gasteiger partial charge is 0.455 e. The normalized spacial score (nSPS) is 12.0. The van der Waals surface area contributed by atoms with Crippen LogP contribution in [0, 0.1) is 5.82 Å². The van der Waals surface area contributed by atoms with E-state index in [1.54, 1.807) is 7.05 Å². The highest BCUT2D eigenvalue weighted by Crippen LogP contribution is 2.36. The number of hydrogen-bond donors (Lipinski definition) is 2. The molecule has 0 heterocycles. The second-order valence-corrected chi connectivity index (χ2v) is 6.13. The molecule has 0 atom stereocenters. The third kappa shape index (κ3) is 6.08. The van der Waals surface area contributed by atoms with E-state index in [-0.39, 0.29) is 22.2 Å². The van der Waals surface area contributed by atoms with E-state index in [2.05, 4.69) is 10.6 Å². The van der Waals surface area contributed by atoms with Crippen LogP contribution < -0.4 is 15.4 Å². The van der Waals surface area contributed by atoms with E-state index in [1.165, 1.54) is 18.3 Å². The van der Waals surface area contributed by atoms with E-state index >= 15 is 0 Å². The summed E-state index contributed by atoms with van der Waals surface area (Å²) in [5.74, 6) is -1.93. The molecule has 0 aliphatic rings. The number of nitrogens with one attached hydrogen (secondary N) is 2. The summed E-state index contributed by atoms with van der Waals surface area (Å²) in [7, 11) is 1.57. The molecule has 2 aromatic rings. The highest BCUT2D eigenvalue weighted by Gasteiger charge is 2.32. The highest BCUT2D eigenvalue weighted by molar-refractivity contribution is 6.32. The lowest BCUT2D eigenvalue weighted by Gasteiger charge is -2.15. The summed E-state index contributed by atoms with van der Waals surface area (Å²) in [6.45, 7) is 0. The molecule has 2 aromatic carbocycles. The van der Waals surface area contributed by atoms with Gasteiger partial charge in [-0.2, -0.15) is 13.2 Å². The van der Waals surface area contributed by atoms with Crippen molar-refractivity contribution in [2.75, 3.05) is 7.05 Å². The molecule has 2 N–H and O–H groups in total. The number of amides is 1. The number of carbonyl (C=O) groups excluding carboxylic acids is 2. The van der Waals surface area contributed by atoms with E-state index < -0.39 is 29.0 Å². The van der Waals surface area contributed by atoms with Crippen LogP contribution in [-0.4, -0.2) is 19.2 Å². The molecule has 0 bridgehead atoms. The molecule has 1 amide bonds. The molecular weight excluding hydrogens is 428 g/mol. The monoisotopic (exact) mass is 442 g/mol. The molecule has 2 rings (SSSR count). The van der Waals surface area contributed by atoms with Crippen LogP contribution in [0.2, 0.25) is 5.02 Å². The summed E-state index contributed by atoms with van der Waals surface area (Å²) in [4.78, 5) is 23.4. The van der Waals surface area contributed by atoms with Crippen LogP contribution in [0.5, 0.6) is 11.5 Å². The molecule has 5 nitrogen and oxygen atoms in total. The van der Waals surface area contributed by atoms with Gasteiger partial charge in [0, 0.05) is 18.8 Å². The predicted octanol–water partition coefficient (Wildman–Crippen LogP) is 4.84. The quantitative estimate of drug-likeness (QED) is 0.279. The van der Waals surface area contributed by atoms with Crippen molar-refractivity contribution in [2.24, 2.45) is 0 Å². The molecule has 158 valence electrons. The van der Waals surface area contributed by atoms with E-state index in [4.69, 9.17) is 16.3 Å². The van der Waals surface area contributed by atoms with Crippen molar-refractivity contribution in [1.29, 1.82) is 0 Å². The topological polar surface area (TPSA) is 67.4 Å². The lowest BCUT2D eigenvalue weighted by Crippen LogP contribution is -2.23. The third-order valence-corrected chi connectivity index (χ3v) is 3.90. The standard InChI is InChI=1S/C20H15ClF4N2O3/c1-26-8-6-14(7-9-28)27-19(29)15-10-12(20(23,24)25)2-4-17(15)30-18-5-3-13(22)11-16(18)21/h2-11,26H,1H3,(H,27,29)/b8-6-,14-7+. The van der Waals surface area contributed by atoms with Crippen molar-refractivity contribution in [1.82, 2.24) is 10.6 Å². The van der Waals surface area contributed by atoms with Gasteiger partial charge in [0.1, 0.15) is 23.6 Å². The van der Waals surface area contributed by atoms with Gasteiger partial charge in [-0.15, -0.1) is 0 Å².